The predicted octanol–water partition coefficient (Wildman–Crippen LogP) is 6.27. The Balaban J connectivity index is 1.56. The maximum Gasteiger partial charge on any atom is 0.365 e. The topological polar surface area (TPSA) is 111 Å². The molecule has 0 spiro atoms. The summed E-state index contributed by atoms with van der Waals surface area (Å²) in [5.41, 5.74) is -0.436. The van der Waals surface area contributed by atoms with Crippen molar-refractivity contribution in [3.63, 3.8) is 0 Å². The molecule has 2 aromatic rings. The van der Waals surface area contributed by atoms with Crippen LogP contribution in [0.25, 0.3) is 0 Å². The van der Waals surface area contributed by atoms with Crippen LogP contribution in [0.1, 0.15) is 50.4 Å². The SMILES string of the molecule is CC12CCC(C(=O)Nc3ccc(Cl)c(Cl)c3)(CC1=NOC(=O)c1ccc([N+](=O)[O-])cc1)C2(C)C. The van der Waals surface area contributed by atoms with Crippen molar-refractivity contribution in [1.82, 2.24) is 0 Å². The molecule has 2 aromatic carbocycles. The van der Waals surface area contributed by atoms with Gasteiger partial charge in [0.15, 0.2) is 0 Å². The Hall–Kier alpha value is -2.97. The minimum absolute atomic E-state index is 0.125. The number of amides is 1. The third kappa shape index (κ3) is 3.65. The maximum atomic E-state index is 13.5. The molecular formula is C24H23Cl2N3O5. The quantitative estimate of drug-likeness (QED) is 0.293. The molecule has 2 atom stereocenters. The molecule has 2 aliphatic rings. The number of oxime groups is 1. The molecule has 0 heterocycles. The van der Waals surface area contributed by atoms with Gasteiger partial charge in [-0.05, 0) is 48.6 Å². The van der Waals surface area contributed by atoms with Crippen LogP contribution in [-0.2, 0) is 9.63 Å². The highest BCUT2D eigenvalue weighted by atomic mass is 35.5. The average molecular weight is 504 g/mol. The first-order chi connectivity index (χ1) is 15.9. The molecule has 10 heteroatoms. The predicted molar refractivity (Wildman–Crippen MR) is 129 cm³/mol. The number of nitro groups is 1. The number of non-ortho nitro benzene ring substituents is 1. The number of nitrogens with zero attached hydrogens (tertiary/aromatic N) is 2. The van der Waals surface area contributed by atoms with Crippen LogP contribution in [0, 0.1) is 26.4 Å². The summed E-state index contributed by atoms with van der Waals surface area (Å²) in [5.74, 6) is -0.868. The molecule has 178 valence electrons. The molecular weight excluding hydrogens is 481 g/mol. The van der Waals surface area contributed by atoms with Crippen LogP contribution in [0.5, 0.6) is 0 Å². The van der Waals surface area contributed by atoms with E-state index in [-0.39, 0.29) is 17.2 Å². The molecule has 2 bridgehead atoms. The Kier molecular flexibility index (Phi) is 5.94. The van der Waals surface area contributed by atoms with Crippen LogP contribution in [0.15, 0.2) is 47.6 Å². The van der Waals surface area contributed by atoms with Crippen molar-refractivity contribution in [3.05, 3.63) is 68.2 Å². The van der Waals surface area contributed by atoms with Crippen molar-refractivity contribution in [2.24, 2.45) is 21.4 Å². The molecule has 1 amide bonds. The number of halogens is 2. The van der Waals surface area contributed by atoms with Crippen molar-refractivity contribution >= 4 is 52.2 Å². The first-order valence-electron chi connectivity index (χ1n) is 10.7. The Labute approximate surface area is 206 Å². The van der Waals surface area contributed by atoms with Gasteiger partial charge in [0.05, 0.1) is 31.7 Å². The van der Waals surface area contributed by atoms with E-state index < -0.39 is 27.1 Å². The third-order valence-corrected chi connectivity index (χ3v) is 8.64. The summed E-state index contributed by atoms with van der Waals surface area (Å²) in [7, 11) is 0. The summed E-state index contributed by atoms with van der Waals surface area (Å²) >= 11 is 12.1. The van der Waals surface area contributed by atoms with Gasteiger partial charge in [0, 0.05) is 29.7 Å². The molecule has 0 saturated heterocycles. The standard InChI is InChI=1S/C24H23Cl2N3O5/c1-22(2)23(3)10-11-24(22,21(31)27-15-6-9-17(25)18(26)12-15)13-19(23)28-34-20(30)14-4-7-16(8-5-14)29(32)33/h4-9,12H,10-11,13H2,1-3H3,(H,27,31). The van der Waals surface area contributed by atoms with E-state index in [0.29, 0.717) is 40.7 Å². The van der Waals surface area contributed by atoms with Crippen LogP contribution < -0.4 is 5.32 Å². The van der Waals surface area contributed by atoms with Gasteiger partial charge in [-0.15, -0.1) is 0 Å². The van der Waals surface area contributed by atoms with Gasteiger partial charge in [0.25, 0.3) is 5.69 Å². The van der Waals surface area contributed by atoms with E-state index in [1.54, 1.807) is 18.2 Å². The fourth-order valence-corrected chi connectivity index (χ4v) is 5.51. The Morgan fingerprint density at radius 2 is 1.74 bits per heavy atom. The average Bonchev–Trinajstić information content (AvgIpc) is 3.10. The van der Waals surface area contributed by atoms with Crippen LogP contribution in [0.2, 0.25) is 10.0 Å². The van der Waals surface area contributed by atoms with E-state index in [2.05, 4.69) is 10.5 Å². The molecule has 2 saturated carbocycles. The lowest BCUT2D eigenvalue weighted by atomic mass is 9.64. The van der Waals surface area contributed by atoms with Crippen molar-refractivity contribution in [1.29, 1.82) is 0 Å². The molecule has 1 N–H and O–H groups in total. The monoisotopic (exact) mass is 503 g/mol. The second-order valence-electron chi connectivity index (χ2n) is 9.52. The number of hydrogen-bond acceptors (Lipinski definition) is 6. The number of nitrogens with one attached hydrogen (secondary N) is 1. The lowest BCUT2D eigenvalue weighted by molar-refractivity contribution is -0.384. The van der Waals surface area contributed by atoms with Gasteiger partial charge in [-0.25, -0.2) is 4.79 Å². The minimum Gasteiger partial charge on any atom is -0.326 e. The lowest BCUT2D eigenvalue weighted by Gasteiger charge is -2.39. The molecule has 8 nitrogen and oxygen atoms in total. The lowest BCUT2D eigenvalue weighted by Crippen LogP contribution is -2.43. The van der Waals surface area contributed by atoms with Gasteiger partial charge >= 0.3 is 5.97 Å². The molecule has 0 radical (unpaired) electrons. The second-order valence-corrected chi connectivity index (χ2v) is 10.3. The van der Waals surface area contributed by atoms with Crippen molar-refractivity contribution < 1.29 is 19.3 Å². The number of nitro benzene ring substituents is 1. The van der Waals surface area contributed by atoms with E-state index >= 15 is 0 Å². The zero-order valence-electron chi connectivity index (χ0n) is 18.9. The summed E-state index contributed by atoms with van der Waals surface area (Å²) < 4.78 is 0. The zero-order valence-corrected chi connectivity index (χ0v) is 20.4. The minimum atomic E-state index is -0.744. The molecule has 0 aromatic heterocycles. The Bertz CT molecular complexity index is 1230. The third-order valence-electron chi connectivity index (χ3n) is 7.90. The number of carbonyl (C=O) groups is 2. The van der Waals surface area contributed by atoms with Crippen LogP contribution in [-0.4, -0.2) is 22.5 Å². The van der Waals surface area contributed by atoms with Crippen LogP contribution in [0.3, 0.4) is 0 Å². The van der Waals surface area contributed by atoms with Crippen LogP contribution >= 0.6 is 23.2 Å². The first kappa shape index (κ1) is 24.2. The largest absolute Gasteiger partial charge is 0.365 e. The fraction of sp³-hybridized carbons (Fsp3) is 0.375. The van der Waals surface area contributed by atoms with Gasteiger partial charge in [0.2, 0.25) is 5.91 Å². The number of benzene rings is 2. The van der Waals surface area contributed by atoms with Crippen molar-refractivity contribution in [2.75, 3.05) is 5.32 Å². The molecule has 0 aliphatic heterocycles. The summed E-state index contributed by atoms with van der Waals surface area (Å²) in [4.78, 5) is 41.5. The van der Waals surface area contributed by atoms with E-state index in [9.17, 15) is 19.7 Å². The molecule has 34 heavy (non-hydrogen) atoms. The van der Waals surface area contributed by atoms with Gasteiger partial charge in [-0.3, -0.25) is 14.9 Å². The zero-order chi connectivity index (χ0) is 24.9. The van der Waals surface area contributed by atoms with E-state index in [1.165, 1.54) is 24.3 Å². The normalized spacial score (nSPS) is 25.9. The summed E-state index contributed by atoms with van der Waals surface area (Å²) in [6.07, 6.45) is 1.72. The molecule has 4 rings (SSSR count). The Morgan fingerprint density at radius 1 is 1.06 bits per heavy atom. The smallest absolute Gasteiger partial charge is 0.326 e. The molecule has 2 unspecified atom stereocenters. The van der Waals surface area contributed by atoms with E-state index in [0.717, 1.165) is 0 Å². The maximum absolute atomic E-state index is 13.5. The van der Waals surface area contributed by atoms with Crippen molar-refractivity contribution in [3.8, 4) is 0 Å². The van der Waals surface area contributed by atoms with E-state index in [4.69, 9.17) is 28.0 Å². The van der Waals surface area contributed by atoms with Gasteiger partial charge in [0.1, 0.15) is 0 Å². The summed E-state index contributed by atoms with van der Waals surface area (Å²) in [6.45, 7) is 6.11. The highest BCUT2D eigenvalue weighted by molar-refractivity contribution is 6.42. The Morgan fingerprint density at radius 3 is 2.35 bits per heavy atom. The highest BCUT2D eigenvalue weighted by Crippen LogP contribution is 2.71. The summed E-state index contributed by atoms with van der Waals surface area (Å²) in [6, 6.07) is 10.0. The number of hydrogen-bond donors (Lipinski definition) is 1. The van der Waals surface area contributed by atoms with Crippen LogP contribution in [0.4, 0.5) is 11.4 Å². The summed E-state index contributed by atoms with van der Waals surface area (Å²) in [5, 5.41) is 18.7. The van der Waals surface area contributed by atoms with Gasteiger partial charge in [-0.2, -0.15) is 0 Å². The second kappa shape index (κ2) is 8.36. The highest BCUT2D eigenvalue weighted by Gasteiger charge is 2.71. The number of fused-ring (bicyclic) bond motifs is 2. The number of anilines is 1. The number of rotatable bonds is 5. The fourth-order valence-electron chi connectivity index (χ4n) is 5.22. The van der Waals surface area contributed by atoms with Gasteiger partial charge < -0.3 is 10.2 Å². The van der Waals surface area contributed by atoms with Gasteiger partial charge in [-0.1, -0.05) is 49.1 Å². The number of carbonyl (C=O) groups excluding carboxylic acids is 2. The van der Waals surface area contributed by atoms with Crippen molar-refractivity contribution in [2.45, 2.75) is 40.0 Å². The first-order valence-corrected chi connectivity index (χ1v) is 11.5. The molecule has 2 aliphatic carbocycles. The molecule has 2 fully saturated rings. The van der Waals surface area contributed by atoms with E-state index in [1.807, 2.05) is 20.8 Å².